The van der Waals surface area contributed by atoms with E-state index in [1.54, 1.807) is 18.9 Å². The highest BCUT2D eigenvalue weighted by Gasteiger charge is 2.09. The van der Waals surface area contributed by atoms with E-state index in [0.717, 1.165) is 25.9 Å². The summed E-state index contributed by atoms with van der Waals surface area (Å²) in [7, 11) is 1.69. The van der Waals surface area contributed by atoms with Crippen molar-refractivity contribution < 1.29 is 4.74 Å². The van der Waals surface area contributed by atoms with Crippen LogP contribution in [-0.4, -0.2) is 13.4 Å². The average Bonchev–Trinajstić information content (AvgIpc) is 2.45. The van der Waals surface area contributed by atoms with Crippen molar-refractivity contribution in [2.24, 2.45) is 0 Å². The van der Waals surface area contributed by atoms with E-state index in [2.05, 4.69) is 73.8 Å². The number of methoxy groups -OCH3 is 1. The highest BCUT2D eigenvalue weighted by atomic mass is 79.9. The Morgan fingerprint density at radius 3 is 2.45 bits per heavy atom. The lowest BCUT2D eigenvalue weighted by atomic mass is 10.2. The number of rotatable bonds is 5. The third-order valence-electron chi connectivity index (χ3n) is 2.86. The molecule has 1 N–H and O–H groups in total. The van der Waals surface area contributed by atoms with Gasteiger partial charge >= 0.3 is 0 Å². The zero-order chi connectivity index (χ0) is 14.5. The van der Waals surface area contributed by atoms with Gasteiger partial charge in [0.15, 0.2) is 0 Å². The molecule has 0 amide bonds. The van der Waals surface area contributed by atoms with Gasteiger partial charge in [-0.1, -0.05) is 15.9 Å². The molecule has 2 aromatic carbocycles. The number of hydrogen-bond donors (Lipinski definition) is 1. The van der Waals surface area contributed by atoms with E-state index < -0.39 is 0 Å². The van der Waals surface area contributed by atoms with Gasteiger partial charge in [-0.25, -0.2) is 0 Å². The van der Waals surface area contributed by atoms with E-state index in [1.165, 1.54) is 4.90 Å². The third-order valence-corrected chi connectivity index (χ3v) is 4.65. The van der Waals surface area contributed by atoms with Gasteiger partial charge in [0.25, 0.3) is 0 Å². The molecule has 0 aromatic heterocycles. The van der Waals surface area contributed by atoms with Gasteiger partial charge in [0.1, 0.15) is 5.75 Å². The van der Waals surface area contributed by atoms with E-state index in [9.17, 15) is 0 Å². The van der Waals surface area contributed by atoms with Crippen LogP contribution < -0.4 is 10.1 Å². The molecule has 0 saturated heterocycles. The molecule has 0 radical (unpaired) electrons. The number of anilines is 1. The molecule has 0 aliphatic carbocycles. The number of nitrogens with one attached hydrogen (secondary N) is 1. The predicted octanol–water partition coefficient (Wildman–Crippen LogP) is 5.55. The molecular formula is C15H15Br2NOS. The second-order valence-corrected chi connectivity index (χ2v) is 6.81. The van der Waals surface area contributed by atoms with E-state index in [0.29, 0.717) is 6.54 Å². The van der Waals surface area contributed by atoms with Crippen LogP contribution >= 0.6 is 43.6 Å². The Bertz CT molecular complexity index is 587. The number of benzene rings is 2. The summed E-state index contributed by atoms with van der Waals surface area (Å²) in [5, 5.41) is 3.41. The summed E-state index contributed by atoms with van der Waals surface area (Å²) >= 11 is 8.76. The van der Waals surface area contributed by atoms with Gasteiger partial charge in [0, 0.05) is 27.2 Å². The van der Waals surface area contributed by atoms with Crippen LogP contribution in [0.25, 0.3) is 0 Å². The Hall–Kier alpha value is -0.650. The van der Waals surface area contributed by atoms with Gasteiger partial charge in [-0.2, -0.15) is 0 Å². The van der Waals surface area contributed by atoms with E-state index >= 15 is 0 Å². The average molecular weight is 417 g/mol. The summed E-state index contributed by atoms with van der Waals surface area (Å²) in [5.74, 6) is 0.862. The zero-order valence-corrected chi connectivity index (χ0v) is 15.2. The molecule has 0 atom stereocenters. The molecule has 106 valence electrons. The van der Waals surface area contributed by atoms with E-state index in [1.807, 2.05) is 6.07 Å². The van der Waals surface area contributed by atoms with Crippen LogP contribution in [0.1, 0.15) is 5.56 Å². The van der Waals surface area contributed by atoms with Crippen LogP contribution in [0.2, 0.25) is 0 Å². The Kier molecular flexibility index (Phi) is 5.81. The molecule has 20 heavy (non-hydrogen) atoms. The lowest BCUT2D eigenvalue weighted by Gasteiger charge is -2.13. The normalized spacial score (nSPS) is 10.4. The number of ether oxygens (including phenoxy) is 1. The first kappa shape index (κ1) is 15.7. The molecule has 0 fully saturated rings. The highest BCUT2D eigenvalue weighted by molar-refractivity contribution is 9.11. The van der Waals surface area contributed by atoms with E-state index in [4.69, 9.17) is 4.74 Å². The maximum absolute atomic E-state index is 5.45. The Morgan fingerprint density at radius 2 is 1.85 bits per heavy atom. The molecule has 0 aliphatic rings. The molecule has 0 aliphatic heterocycles. The predicted molar refractivity (Wildman–Crippen MR) is 93.9 cm³/mol. The van der Waals surface area contributed by atoms with Crippen molar-refractivity contribution >= 4 is 49.3 Å². The number of hydrogen-bond acceptors (Lipinski definition) is 3. The molecule has 0 saturated carbocycles. The second-order valence-electron chi connectivity index (χ2n) is 4.16. The lowest BCUT2D eigenvalue weighted by Crippen LogP contribution is -2.02. The van der Waals surface area contributed by atoms with Crippen LogP contribution in [0, 0.1) is 0 Å². The molecule has 0 bridgehead atoms. The van der Waals surface area contributed by atoms with Crippen molar-refractivity contribution in [3.63, 3.8) is 0 Å². The minimum atomic E-state index is 0.708. The van der Waals surface area contributed by atoms with Crippen molar-refractivity contribution in [2.75, 3.05) is 18.7 Å². The minimum Gasteiger partial charge on any atom is -0.495 e. The number of halogens is 2. The molecule has 2 nitrogen and oxygen atoms in total. The Morgan fingerprint density at radius 1 is 1.15 bits per heavy atom. The van der Waals surface area contributed by atoms with Gasteiger partial charge in [-0.15, -0.1) is 11.8 Å². The largest absolute Gasteiger partial charge is 0.495 e. The standard InChI is InChI=1S/C15H15Br2NOS/c1-19-15-10(7-11(16)8-14(15)17)9-18-12-3-5-13(20-2)6-4-12/h3-8,18H,9H2,1-2H3. The summed E-state index contributed by atoms with van der Waals surface area (Å²) in [6.07, 6.45) is 2.08. The molecule has 2 rings (SSSR count). The minimum absolute atomic E-state index is 0.708. The smallest absolute Gasteiger partial charge is 0.138 e. The fraction of sp³-hybridized carbons (Fsp3) is 0.200. The summed E-state index contributed by atoms with van der Waals surface area (Å²) in [6, 6.07) is 12.4. The summed E-state index contributed by atoms with van der Waals surface area (Å²) in [6.45, 7) is 0.708. The molecule has 0 spiro atoms. The van der Waals surface area contributed by atoms with Gasteiger partial charge in [0.05, 0.1) is 11.6 Å². The van der Waals surface area contributed by atoms with Crippen LogP contribution in [0.5, 0.6) is 5.75 Å². The van der Waals surface area contributed by atoms with Crippen LogP contribution in [0.3, 0.4) is 0 Å². The first-order valence-corrected chi connectivity index (χ1v) is 8.85. The quantitative estimate of drug-likeness (QED) is 0.645. The molecular weight excluding hydrogens is 402 g/mol. The maximum atomic E-state index is 5.45. The second kappa shape index (κ2) is 7.38. The zero-order valence-electron chi connectivity index (χ0n) is 11.2. The number of thioether (sulfide) groups is 1. The van der Waals surface area contributed by atoms with Gasteiger partial charge in [-0.3, -0.25) is 0 Å². The van der Waals surface area contributed by atoms with Crippen molar-refractivity contribution in [2.45, 2.75) is 11.4 Å². The van der Waals surface area contributed by atoms with Crippen LogP contribution in [0.15, 0.2) is 50.2 Å². The fourth-order valence-electron chi connectivity index (χ4n) is 1.88. The maximum Gasteiger partial charge on any atom is 0.138 e. The van der Waals surface area contributed by atoms with Gasteiger partial charge < -0.3 is 10.1 Å². The van der Waals surface area contributed by atoms with Crippen molar-refractivity contribution in [3.05, 3.63) is 50.9 Å². The van der Waals surface area contributed by atoms with E-state index in [-0.39, 0.29) is 0 Å². The van der Waals surface area contributed by atoms with Gasteiger partial charge in [0.2, 0.25) is 0 Å². The SMILES string of the molecule is COc1c(Br)cc(Br)cc1CNc1ccc(SC)cc1. The fourth-order valence-corrected chi connectivity index (χ4v) is 3.76. The third kappa shape index (κ3) is 3.93. The summed E-state index contributed by atoms with van der Waals surface area (Å²) in [4.78, 5) is 1.26. The summed E-state index contributed by atoms with van der Waals surface area (Å²) < 4.78 is 7.42. The van der Waals surface area contributed by atoms with Gasteiger partial charge in [-0.05, 0) is 58.6 Å². The van der Waals surface area contributed by atoms with Crippen LogP contribution in [0.4, 0.5) is 5.69 Å². The molecule has 2 aromatic rings. The molecule has 0 unspecified atom stereocenters. The lowest BCUT2D eigenvalue weighted by molar-refractivity contribution is 0.407. The first-order chi connectivity index (χ1) is 9.63. The van der Waals surface area contributed by atoms with Crippen molar-refractivity contribution in [1.29, 1.82) is 0 Å². The van der Waals surface area contributed by atoms with Crippen molar-refractivity contribution in [1.82, 2.24) is 0 Å². The Balaban J connectivity index is 2.13. The first-order valence-electron chi connectivity index (χ1n) is 6.04. The summed E-state index contributed by atoms with van der Waals surface area (Å²) in [5.41, 5.74) is 2.20. The topological polar surface area (TPSA) is 21.3 Å². The monoisotopic (exact) mass is 415 g/mol. The highest BCUT2D eigenvalue weighted by Crippen LogP contribution is 2.33. The Labute approximate surface area is 140 Å². The molecule has 0 heterocycles. The van der Waals surface area contributed by atoms with Crippen LogP contribution in [-0.2, 0) is 6.54 Å². The molecule has 5 heteroatoms. The van der Waals surface area contributed by atoms with Crippen molar-refractivity contribution in [3.8, 4) is 5.75 Å².